The van der Waals surface area contributed by atoms with E-state index in [-0.39, 0.29) is 5.91 Å². The number of fused-ring (bicyclic) bond motifs is 1. The Kier molecular flexibility index (Phi) is 4.74. The summed E-state index contributed by atoms with van der Waals surface area (Å²) < 4.78 is 0. The maximum Gasteiger partial charge on any atom is 0.237 e. The standard InChI is InChI=1S/C13H21N3OS/c1-15(6-2-5-14)10-13(17)16-7-3-12-11(9-16)4-8-18-12/h4,8H,2-3,5-7,9-10,14H2,1H3. The smallest absolute Gasteiger partial charge is 0.237 e. The highest BCUT2D eigenvalue weighted by atomic mass is 32.1. The van der Waals surface area contributed by atoms with Crippen LogP contribution in [0, 0.1) is 0 Å². The molecule has 1 aromatic rings. The third-order valence-corrected chi connectivity index (χ3v) is 4.33. The van der Waals surface area contributed by atoms with Crippen LogP contribution in [-0.4, -0.2) is 48.9 Å². The predicted octanol–water partition coefficient (Wildman–Crippen LogP) is 0.913. The van der Waals surface area contributed by atoms with Crippen LogP contribution in [0.2, 0.25) is 0 Å². The van der Waals surface area contributed by atoms with E-state index in [0.29, 0.717) is 13.1 Å². The van der Waals surface area contributed by atoms with Crippen molar-refractivity contribution in [3.8, 4) is 0 Å². The van der Waals surface area contributed by atoms with Crippen LogP contribution in [0.1, 0.15) is 16.9 Å². The molecule has 0 radical (unpaired) electrons. The number of nitrogens with two attached hydrogens (primary N) is 1. The Morgan fingerprint density at radius 2 is 2.44 bits per heavy atom. The van der Waals surface area contributed by atoms with Gasteiger partial charge in [-0.2, -0.15) is 0 Å². The Balaban J connectivity index is 1.84. The molecule has 0 unspecified atom stereocenters. The van der Waals surface area contributed by atoms with Gasteiger partial charge in [-0.3, -0.25) is 9.69 Å². The minimum Gasteiger partial charge on any atom is -0.337 e. The number of hydrogen-bond donors (Lipinski definition) is 1. The molecule has 1 aromatic heterocycles. The molecular weight excluding hydrogens is 246 g/mol. The summed E-state index contributed by atoms with van der Waals surface area (Å²) >= 11 is 1.80. The van der Waals surface area contributed by atoms with Gasteiger partial charge in [0.15, 0.2) is 0 Å². The zero-order chi connectivity index (χ0) is 13.0. The van der Waals surface area contributed by atoms with Gasteiger partial charge in [0.25, 0.3) is 0 Å². The number of carbonyl (C=O) groups excluding carboxylic acids is 1. The van der Waals surface area contributed by atoms with Gasteiger partial charge in [0, 0.05) is 18.0 Å². The molecule has 4 nitrogen and oxygen atoms in total. The zero-order valence-corrected chi connectivity index (χ0v) is 11.7. The third-order valence-electron chi connectivity index (χ3n) is 3.31. The Hall–Kier alpha value is -0.910. The summed E-state index contributed by atoms with van der Waals surface area (Å²) in [6.45, 7) is 3.71. The number of hydrogen-bond acceptors (Lipinski definition) is 4. The first kappa shape index (κ1) is 13.5. The van der Waals surface area contributed by atoms with Gasteiger partial charge in [0.05, 0.1) is 6.54 Å². The van der Waals surface area contributed by atoms with Crippen LogP contribution >= 0.6 is 11.3 Å². The topological polar surface area (TPSA) is 49.6 Å². The Bertz CT molecular complexity index is 405. The molecule has 100 valence electrons. The highest BCUT2D eigenvalue weighted by Gasteiger charge is 2.21. The quantitative estimate of drug-likeness (QED) is 0.863. The van der Waals surface area contributed by atoms with E-state index in [9.17, 15) is 4.79 Å². The Labute approximate surface area is 112 Å². The first-order valence-electron chi connectivity index (χ1n) is 6.42. The second-order valence-corrected chi connectivity index (χ2v) is 5.81. The first-order chi connectivity index (χ1) is 8.70. The van der Waals surface area contributed by atoms with Crippen molar-refractivity contribution in [3.05, 3.63) is 21.9 Å². The molecule has 0 aromatic carbocycles. The molecule has 0 atom stereocenters. The normalized spacial score (nSPS) is 14.9. The minimum absolute atomic E-state index is 0.228. The molecule has 0 saturated carbocycles. The average Bonchev–Trinajstić information content (AvgIpc) is 2.83. The second-order valence-electron chi connectivity index (χ2n) is 4.81. The van der Waals surface area contributed by atoms with Crippen LogP contribution in [0.25, 0.3) is 0 Å². The maximum atomic E-state index is 12.2. The molecule has 0 bridgehead atoms. The van der Waals surface area contributed by atoms with Gasteiger partial charge < -0.3 is 10.6 Å². The molecule has 0 spiro atoms. The van der Waals surface area contributed by atoms with E-state index >= 15 is 0 Å². The lowest BCUT2D eigenvalue weighted by Crippen LogP contribution is -2.41. The van der Waals surface area contributed by atoms with E-state index in [1.54, 1.807) is 11.3 Å². The van der Waals surface area contributed by atoms with E-state index in [4.69, 9.17) is 5.73 Å². The van der Waals surface area contributed by atoms with E-state index < -0.39 is 0 Å². The number of carbonyl (C=O) groups is 1. The molecule has 1 aliphatic rings. The number of amides is 1. The summed E-state index contributed by atoms with van der Waals surface area (Å²) in [4.78, 5) is 17.6. The SMILES string of the molecule is CN(CCCN)CC(=O)N1CCc2sccc2C1. The first-order valence-corrected chi connectivity index (χ1v) is 7.30. The minimum atomic E-state index is 0.228. The van der Waals surface area contributed by atoms with Crippen molar-refractivity contribution in [1.82, 2.24) is 9.80 Å². The molecule has 2 N–H and O–H groups in total. The van der Waals surface area contributed by atoms with Gasteiger partial charge >= 0.3 is 0 Å². The number of nitrogens with zero attached hydrogens (tertiary/aromatic N) is 2. The summed E-state index contributed by atoms with van der Waals surface area (Å²) in [6, 6.07) is 2.14. The van der Waals surface area contributed by atoms with Crippen molar-refractivity contribution < 1.29 is 4.79 Å². The summed E-state index contributed by atoms with van der Waals surface area (Å²) in [5, 5.41) is 2.12. The highest BCUT2D eigenvalue weighted by molar-refractivity contribution is 7.10. The van der Waals surface area contributed by atoms with Crippen molar-refractivity contribution in [2.45, 2.75) is 19.4 Å². The van der Waals surface area contributed by atoms with Crippen molar-refractivity contribution in [2.24, 2.45) is 5.73 Å². The maximum absolute atomic E-state index is 12.2. The Morgan fingerprint density at radius 1 is 1.61 bits per heavy atom. The Morgan fingerprint density at radius 3 is 3.22 bits per heavy atom. The van der Waals surface area contributed by atoms with Crippen LogP contribution < -0.4 is 5.73 Å². The van der Waals surface area contributed by atoms with Crippen LogP contribution in [0.15, 0.2) is 11.4 Å². The number of rotatable bonds is 5. The summed E-state index contributed by atoms with van der Waals surface area (Å²) in [6.07, 6.45) is 1.95. The fourth-order valence-electron chi connectivity index (χ4n) is 2.23. The van der Waals surface area contributed by atoms with Crippen LogP contribution in [0.5, 0.6) is 0 Å². The molecule has 0 aliphatic carbocycles. The summed E-state index contributed by atoms with van der Waals surface area (Å²) in [5.74, 6) is 0.228. The van der Waals surface area contributed by atoms with Crippen molar-refractivity contribution in [1.29, 1.82) is 0 Å². The fourth-order valence-corrected chi connectivity index (χ4v) is 3.12. The van der Waals surface area contributed by atoms with Gasteiger partial charge in [0.2, 0.25) is 5.91 Å². The zero-order valence-electron chi connectivity index (χ0n) is 10.9. The molecule has 1 aliphatic heterocycles. The van der Waals surface area contributed by atoms with Crippen LogP contribution in [0.4, 0.5) is 0 Å². The highest BCUT2D eigenvalue weighted by Crippen LogP contribution is 2.23. The molecule has 5 heteroatoms. The van der Waals surface area contributed by atoms with Gasteiger partial charge in [-0.1, -0.05) is 0 Å². The van der Waals surface area contributed by atoms with E-state index in [1.165, 1.54) is 10.4 Å². The fraction of sp³-hybridized carbons (Fsp3) is 0.615. The number of likely N-dealkylation sites (N-methyl/N-ethyl adjacent to an activating group) is 1. The summed E-state index contributed by atoms with van der Waals surface area (Å²) in [7, 11) is 1.98. The molecule has 1 amide bonds. The largest absolute Gasteiger partial charge is 0.337 e. The monoisotopic (exact) mass is 267 g/mol. The second kappa shape index (κ2) is 6.31. The summed E-state index contributed by atoms with van der Waals surface area (Å²) in [5.41, 5.74) is 6.79. The average molecular weight is 267 g/mol. The van der Waals surface area contributed by atoms with Crippen molar-refractivity contribution in [2.75, 3.05) is 33.2 Å². The van der Waals surface area contributed by atoms with Crippen LogP contribution in [0.3, 0.4) is 0 Å². The lowest BCUT2D eigenvalue weighted by atomic mass is 10.1. The van der Waals surface area contributed by atoms with Crippen LogP contribution in [-0.2, 0) is 17.8 Å². The van der Waals surface area contributed by atoms with Gasteiger partial charge in [-0.15, -0.1) is 11.3 Å². The van der Waals surface area contributed by atoms with Gasteiger partial charge in [-0.05, 0) is 50.0 Å². The number of thiophene rings is 1. The lowest BCUT2D eigenvalue weighted by Gasteiger charge is -2.28. The van der Waals surface area contributed by atoms with E-state index in [2.05, 4.69) is 16.3 Å². The van der Waals surface area contributed by atoms with Gasteiger partial charge in [-0.25, -0.2) is 0 Å². The molecular formula is C13H21N3OS. The van der Waals surface area contributed by atoms with Gasteiger partial charge in [0.1, 0.15) is 0 Å². The molecule has 0 saturated heterocycles. The predicted molar refractivity (Wildman–Crippen MR) is 74.6 cm³/mol. The molecule has 2 heterocycles. The van der Waals surface area contributed by atoms with E-state index in [0.717, 1.165) is 32.5 Å². The van der Waals surface area contributed by atoms with Crippen molar-refractivity contribution >= 4 is 17.2 Å². The lowest BCUT2D eigenvalue weighted by molar-refractivity contribution is -0.133. The third kappa shape index (κ3) is 3.31. The van der Waals surface area contributed by atoms with E-state index in [1.807, 2.05) is 11.9 Å². The molecule has 0 fully saturated rings. The molecule has 18 heavy (non-hydrogen) atoms. The van der Waals surface area contributed by atoms with Crippen molar-refractivity contribution in [3.63, 3.8) is 0 Å². The molecule has 2 rings (SSSR count).